The zero-order valence-corrected chi connectivity index (χ0v) is 14.1. The number of hydrogen-bond acceptors (Lipinski definition) is 2. The Labute approximate surface area is 139 Å². The van der Waals surface area contributed by atoms with Crippen molar-refractivity contribution in [3.8, 4) is 6.07 Å². The summed E-state index contributed by atoms with van der Waals surface area (Å²) in [7, 11) is 0. The summed E-state index contributed by atoms with van der Waals surface area (Å²) in [5, 5.41) is 11.8. The van der Waals surface area contributed by atoms with Crippen LogP contribution in [0.2, 0.25) is 0 Å². The van der Waals surface area contributed by atoms with Crippen molar-refractivity contribution in [1.29, 1.82) is 5.26 Å². The Morgan fingerprint density at radius 2 is 1.91 bits per heavy atom. The number of benzene rings is 2. The van der Waals surface area contributed by atoms with Crippen LogP contribution in [0.15, 0.2) is 53.0 Å². The first-order valence-electron chi connectivity index (χ1n) is 6.97. The van der Waals surface area contributed by atoms with Crippen molar-refractivity contribution < 1.29 is 4.79 Å². The molecule has 112 valence electrons. The maximum Gasteiger partial charge on any atom is 0.251 e. The first-order valence-corrected chi connectivity index (χ1v) is 7.76. The van der Waals surface area contributed by atoms with Gasteiger partial charge in [-0.15, -0.1) is 0 Å². The van der Waals surface area contributed by atoms with Crippen molar-refractivity contribution in [1.82, 2.24) is 5.32 Å². The molecule has 0 saturated carbocycles. The summed E-state index contributed by atoms with van der Waals surface area (Å²) in [5.74, 6) is -0.165. The lowest BCUT2D eigenvalue weighted by Gasteiger charge is -2.25. The topological polar surface area (TPSA) is 52.9 Å². The molecule has 0 bridgehead atoms. The SMILES string of the molecule is CC(C)(CNC(=O)c1cccc(C#N)c1)c1ccc(Br)cc1. The van der Waals surface area contributed by atoms with E-state index in [0.717, 1.165) is 10.0 Å². The van der Waals surface area contributed by atoms with Gasteiger partial charge in [-0.25, -0.2) is 0 Å². The van der Waals surface area contributed by atoms with E-state index in [1.807, 2.05) is 30.3 Å². The average molecular weight is 357 g/mol. The Morgan fingerprint density at radius 3 is 2.55 bits per heavy atom. The van der Waals surface area contributed by atoms with Crippen LogP contribution in [0.25, 0.3) is 0 Å². The fourth-order valence-electron chi connectivity index (χ4n) is 2.14. The number of nitriles is 1. The van der Waals surface area contributed by atoms with Crippen molar-refractivity contribution >= 4 is 21.8 Å². The van der Waals surface area contributed by atoms with E-state index in [4.69, 9.17) is 5.26 Å². The van der Waals surface area contributed by atoms with Gasteiger partial charge >= 0.3 is 0 Å². The highest BCUT2D eigenvalue weighted by atomic mass is 79.9. The Hall–Kier alpha value is -2.12. The highest BCUT2D eigenvalue weighted by Gasteiger charge is 2.21. The van der Waals surface area contributed by atoms with E-state index >= 15 is 0 Å². The van der Waals surface area contributed by atoms with E-state index < -0.39 is 0 Å². The molecule has 0 aliphatic rings. The average Bonchev–Trinajstić information content (AvgIpc) is 2.53. The number of amides is 1. The minimum atomic E-state index is -0.177. The van der Waals surface area contributed by atoms with Gasteiger partial charge in [-0.3, -0.25) is 4.79 Å². The molecule has 2 aromatic carbocycles. The highest BCUT2D eigenvalue weighted by molar-refractivity contribution is 9.10. The molecular weight excluding hydrogens is 340 g/mol. The van der Waals surface area contributed by atoms with Crippen LogP contribution in [0.4, 0.5) is 0 Å². The number of nitrogens with zero attached hydrogens (tertiary/aromatic N) is 1. The van der Waals surface area contributed by atoms with Gasteiger partial charge in [0.25, 0.3) is 5.91 Å². The van der Waals surface area contributed by atoms with Gasteiger partial charge in [-0.2, -0.15) is 5.26 Å². The van der Waals surface area contributed by atoms with Gasteiger partial charge in [0.2, 0.25) is 0 Å². The summed E-state index contributed by atoms with van der Waals surface area (Å²) < 4.78 is 1.03. The van der Waals surface area contributed by atoms with Crippen LogP contribution in [-0.4, -0.2) is 12.5 Å². The van der Waals surface area contributed by atoms with Crippen LogP contribution in [-0.2, 0) is 5.41 Å². The first-order chi connectivity index (χ1) is 10.4. The van der Waals surface area contributed by atoms with E-state index in [1.54, 1.807) is 24.3 Å². The fraction of sp³-hybridized carbons (Fsp3) is 0.222. The minimum absolute atomic E-state index is 0.165. The molecule has 0 aliphatic heterocycles. The molecule has 2 rings (SSSR count). The quantitative estimate of drug-likeness (QED) is 0.898. The number of nitrogens with one attached hydrogen (secondary N) is 1. The van der Waals surface area contributed by atoms with Gasteiger partial charge in [0.15, 0.2) is 0 Å². The molecule has 3 nitrogen and oxygen atoms in total. The second-order valence-corrected chi connectivity index (χ2v) is 6.68. The summed E-state index contributed by atoms with van der Waals surface area (Å²) in [5.41, 5.74) is 1.97. The summed E-state index contributed by atoms with van der Waals surface area (Å²) in [6.07, 6.45) is 0. The summed E-state index contributed by atoms with van der Waals surface area (Å²) >= 11 is 3.42. The Balaban J connectivity index is 2.06. The molecule has 0 radical (unpaired) electrons. The zero-order valence-electron chi connectivity index (χ0n) is 12.6. The van der Waals surface area contributed by atoms with E-state index in [1.165, 1.54) is 0 Å². The van der Waals surface area contributed by atoms with Crippen LogP contribution < -0.4 is 5.32 Å². The van der Waals surface area contributed by atoms with Crippen molar-refractivity contribution in [2.24, 2.45) is 0 Å². The predicted molar refractivity (Wildman–Crippen MR) is 90.7 cm³/mol. The smallest absolute Gasteiger partial charge is 0.251 e. The fourth-order valence-corrected chi connectivity index (χ4v) is 2.40. The third-order valence-electron chi connectivity index (χ3n) is 3.57. The second-order valence-electron chi connectivity index (χ2n) is 5.77. The maximum atomic E-state index is 12.2. The number of rotatable bonds is 4. The minimum Gasteiger partial charge on any atom is -0.351 e. The van der Waals surface area contributed by atoms with Crippen LogP contribution in [0.5, 0.6) is 0 Å². The molecule has 0 aliphatic carbocycles. The molecule has 0 spiro atoms. The summed E-state index contributed by atoms with van der Waals surface area (Å²) in [6, 6.07) is 16.8. The number of hydrogen-bond donors (Lipinski definition) is 1. The van der Waals surface area contributed by atoms with E-state index in [2.05, 4.69) is 35.1 Å². The van der Waals surface area contributed by atoms with Crippen LogP contribution >= 0.6 is 15.9 Å². The normalized spacial score (nSPS) is 10.8. The van der Waals surface area contributed by atoms with Gasteiger partial charge in [-0.05, 0) is 35.9 Å². The van der Waals surface area contributed by atoms with Crippen LogP contribution in [0.1, 0.15) is 35.3 Å². The van der Waals surface area contributed by atoms with Crippen LogP contribution in [0, 0.1) is 11.3 Å². The van der Waals surface area contributed by atoms with E-state index in [-0.39, 0.29) is 11.3 Å². The van der Waals surface area contributed by atoms with Crippen molar-refractivity contribution in [2.75, 3.05) is 6.54 Å². The summed E-state index contributed by atoms with van der Waals surface area (Å²) in [6.45, 7) is 4.69. The van der Waals surface area contributed by atoms with Crippen molar-refractivity contribution in [3.05, 3.63) is 69.7 Å². The monoisotopic (exact) mass is 356 g/mol. The molecule has 0 saturated heterocycles. The van der Waals surface area contributed by atoms with Gasteiger partial charge < -0.3 is 5.32 Å². The molecule has 0 unspecified atom stereocenters. The van der Waals surface area contributed by atoms with E-state index in [9.17, 15) is 4.79 Å². The molecule has 22 heavy (non-hydrogen) atoms. The number of carbonyl (C=O) groups is 1. The Kier molecular flexibility index (Phi) is 4.99. The van der Waals surface area contributed by atoms with Crippen molar-refractivity contribution in [3.63, 3.8) is 0 Å². The lowest BCUT2D eigenvalue weighted by atomic mass is 9.84. The molecule has 0 aromatic heterocycles. The molecule has 0 heterocycles. The Morgan fingerprint density at radius 1 is 1.23 bits per heavy atom. The number of halogens is 1. The van der Waals surface area contributed by atoms with E-state index in [0.29, 0.717) is 17.7 Å². The first kappa shape index (κ1) is 16.3. The van der Waals surface area contributed by atoms with Gasteiger partial charge in [0.1, 0.15) is 0 Å². The maximum absolute atomic E-state index is 12.2. The molecule has 4 heteroatoms. The van der Waals surface area contributed by atoms with Crippen LogP contribution in [0.3, 0.4) is 0 Å². The van der Waals surface area contributed by atoms with Crippen molar-refractivity contribution in [2.45, 2.75) is 19.3 Å². The second kappa shape index (κ2) is 6.76. The largest absolute Gasteiger partial charge is 0.351 e. The zero-order chi connectivity index (χ0) is 16.2. The standard InChI is InChI=1S/C18H17BrN2O/c1-18(2,15-6-8-16(19)9-7-15)12-21-17(22)14-5-3-4-13(10-14)11-20/h3-10H,12H2,1-2H3,(H,21,22). The van der Waals surface area contributed by atoms with Gasteiger partial charge in [0.05, 0.1) is 11.6 Å². The number of carbonyl (C=O) groups excluding carboxylic acids is 1. The third kappa shape index (κ3) is 3.96. The predicted octanol–water partition coefficient (Wildman–Crippen LogP) is 4.03. The lowest BCUT2D eigenvalue weighted by molar-refractivity contribution is 0.0945. The molecule has 0 fully saturated rings. The third-order valence-corrected chi connectivity index (χ3v) is 4.10. The molecule has 1 N–H and O–H groups in total. The van der Waals surface area contributed by atoms with Gasteiger partial charge in [-0.1, -0.05) is 48.0 Å². The highest BCUT2D eigenvalue weighted by Crippen LogP contribution is 2.24. The molecule has 0 atom stereocenters. The summed E-state index contributed by atoms with van der Waals surface area (Å²) in [4.78, 5) is 12.2. The molecule has 1 amide bonds. The lowest BCUT2D eigenvalue weighted by Crippen LogP contribution is -2.36. The van der Waals surface area contributed by atoms with Gasteiger partial charge in [0, 0.05) is 22.0 Å². The molecule has 2 aromatic rings. The Bertz CT molecular complexity index is 715. The molecular formula is C18H17BrN2O.